The van der Waals surface area contributed by atoms with Crippen LogP contribution in [0.4, 0.5) is 5.69 Å². The molecule has 3 N–H and O–H groups in total. The molecule has 0 spiro atoms. The number of nitrogens with two attached hydrogens (primary N) is 1. The molecule has 0 aliphatic rings. The summed E-state index contributed by atoms with van der Waals surface area (Å²) in [5.41, 5.74) is 6.69. The number of hydrogen-bond acceptors (Lipinski definition) is 5. The first kappa shape index (κ1) is 22.1. The third kappa shape index (κ3) is 9.32. The van der Waals surface area contributed by atoms with Gasteiger partial charge in [-0.25, -0.2) is 9.59 Å². The highest BCUT2D eigenvalue weighted by Crippen LogP contribution is 2.12. The average molecular weight is 392 g/mol. The average Bonchev–Trinajstić information content (AvgIpc) is 2.64. The van der Waals surface area contributed by atoms with Crippen LogP contribution in [0.3, 0.4) is 0 Å². The summed E-state index contributed by atoms with van der Waals surface area (Å²) < 4.78 is 10.3. The quantitative estimate of drug-likeness (QED) is 0.317. The Bertz CT molecular complexity index is 736. The van der Waals surface area contributed by atoms with Crippen molar-refractivity contribution in [3.63, 3.8) is 0 Å². The molecule has 0 fully saturated rings. The van der Waals surface area contributed by atoms with Gasteiger partial charge in [0.1, 0.15) is 5.75 Å². The molecule has 0 amide bonds. The van der Waals surface area contributed by atoms with Gasteiger partial charge < -0.3 is 20.3 Å². The largest absolute Gasteiger partial charge is 0.493 e. The Morgan fingerprint density at radius 2 is 1.67 bits per heavy atom. The summed E-state index contributed by atoms with van der Waals surface area (Å²) in [4.78, 5) is 21.7. The van der Waals surface area contributed by atoms with Crippen molar-refractivity contribution in [1.29, 1.82) is 0 Å². The van der Waals surface area contributed by atoms with Crippen LogP contribution in [-0.4, -0.2) is 30.3 Å². The van der Waals surface area contributed by atoms with Crippen molar-refractivity contribution in [2.24, 2.45) is 0 Å². The number of nitrogen functional groups attached to an aromatic ring is 1. The Hall–Kier alpha value is -2.99. The predicted octanol–water partition coefficient (Wildman–Crippen LogP) is 4.20. The summed E-state index contributed by atoms with van der Waals surface area (Å²) in [6, 6.07) is 13.2. The first-order chi connectivity index (χ1) is 12.8. The first-order valence-electron chi connectivity index (χ1n) is 8.09. The van der Waals surface area contributed by atoms with E-state index in [1.165, 1.54) is 12.1 Å². The van der Waals surface area contributed by atoms with Crippen LogP contribution in [-0.2, 0) is 9.53 Å². The van der Waals surface area contributed by atoms with Gasteiger partial charge in [0, 0.05) is 22.7 Å². The van der Waals surface area contributed by atoms with Crippen LogP contribution in [0.25, 0.3) is 0 Å². The fourth-order valence-electron chi connectivity index (χ4n) is 1.69. The number of carbonyl (C=O) groups is 2. The van der Waals surface area contributed by atoms with Gasteiger partial charge in [-0.3, -0.25) is 0 Å². The number of ether oxygens (including phenoxy) is 2. The lowest BCUT2D eigenvalue weighted by Gasteiger charge is -2.07. The monoisotopic (exact) mass is 391 g/mol. The van der Waals surface area contributed by atoms with E-state index in [2.05, 4.69) is 6.58 Å². The Balaban J connectivity index is 0.000000377. The van der Waals surface area contributed by atoms with E-state index in [0.717, 1.165) is 10.7 Å². The van der Waals surface area contributed by atoms with E-state index in [4.69, 9.17) is 31.9 Å². The van der Waals surface area contributed by atoms with Crippen LogP contribution in [0.5, 0.6) is 5.75 Å². The molecule has 0 heterocycles. The van der Waals surface area contributed by atoms with Crippen LogP contribution >= 0.6 is 11.6 Å². The zero-order valence-electron chi connectivity index (χ0n) is 15.0. The lowest BCUT2D eigenvalue weighted by atomic mass is 10.2. The molecule has 27 heavy (non-hydrogen) atoms. The highest BCUT2D eigenvalue weighted by Gasteiger charge is 2.03. The molecule has 0 saturated carbocycles. The maximum Gasteiger partial charge on any atom is 0.335 e. The van der Waals surface area contributed by atoms with Gasteiger partial charge in [-0.15, -0.1) is 0 Å². The van der Waals surface area contributed by atoms with Gasteiger partial charge in [0.05, 0.1) is 18.8 Å². The van der Waals surface area contributed by atoms with Crippen LogP contribution in [0.15, 0.2) is 60.7 Å². The van der Waals surface area contributed by atoms with Gasteiger partial charge >= 0.3 is 11.9 Å². The van der Waals surface area contributed by atoms with E-state index in [9.17, 15) is 9.59 Å². The molecule has 2 rings (SSSR count). The minimum atomic E-state index is -0.974. The smallest absolute Gasteiger partial charge is 0.335 e. The summed E-state index contributed by atoms with van der Waals surface area (Å²) in [5, 5.41) is 9.44. The lowest BCUT2D eigenvalue weighted by Crippen LogP contribution is -2.09. The molecule has 144 valence electrons. The molecule has 6 nitrogen and oxygen atoms in total. The Labute approximate surface area is 163 Å². The minimum Gasteiger partial charge on any atom is -0.493 e. The second kappa shape index (κ2) is 11.6. The molecule has 0 aromatic heterocycles. The topological polar surface area (TPSA) is 98.8 Å². The number of anilines is 1. The number of benzene rings is 2. The van der Waals surface area contributed by atoms with Crippen molar-refractivity contribution < 1.29 is 24.2 Å². The van der Waals surface area contributed by atoms with Gasteiger partial charge in [-0.2, -0.15) is 0 Å². The van der Waals surface area contributed by atoms with Gasteiger partial charge in [0.15, 0.2) is 0 Å². The normalized spacial score (nSPS) is 9.56. The molecule has 0 radical (unpaired) electrons. The highest BCUT2D eigenvalue weighted by atomic mass is 35.5. The summed E-state index contributed by atoms with van der Waals surface area (Å²) in [7, 11) is 0. The third-order valence-corrected chi connectivity index (χ3v) is 3.36. The molecule has 0 bridgehead atoms. The van der Waals surface area contributed by atoms with E-state index in [1.807, 2.05) is 0 Å². The van der Waals surface area contributed by atoms with Crippen molar-refractivity contribution in [1.82, 2.24) is 0 Å². The second-order valence-electron chi connectivity index (χ2n) is 5.50. The minimum absolute atomic E-state index is 0.211. The van der Waals surface area contributed by atoms with Gasteiger partial charge in [-0.05, 0) is 55.5 Å². The standard InChI is InChI=1S/C14H16O5.C6H6ClN/c1-10(2)14(17)19-9-3-8-18-12-6-4-11(5-7-12)13(15)16;7-5-1-3-6(8)4-2-5/h4-7H,1,3,8-9H2,2H3,(H,15,16);1-4H,8H2. The molecule has 2 aromatic carbocycles. The molecule has 7 heteroatoms. The number of carbonyl (C=O) groups excluding carboxylic acids is 1. The number of carboxylic acids is 1. The zero-order chi connectivity index (χ0) is 20.2. The molecule has 0 unspecified atom stereocenters. The van der Waals surface area contributed by atoms with Crippen LogP contribution < -0.4 is 10.5 Å². The van der Waals surface area contributed by atoms with E-state index >= 15 is 0 Å². The number of rotatable bonds is 7. The fraction of sp³-hybridized carbons (Fsp3) is 0.200. The Kier molecular flexibility index (Phi) is 9.47. The molecule has 0 atom stereocenters. The molecular weight excluding hydrogens is 370 g/mol. The summed E-state index contributed by atoms with van der Waals surface area (Å²) in [6.07, 6.45) is 0.555. The van der Waals surface area contributed by atoms with Crippen LogP contribution in [0.2, 0.25) is 5.02 Å². The van der Waals surface area contributed by atoms with E-state index in [-0.39, 0.29) is 12.2 Å². The molecule has 0 aliphatic carbocycles. The SMILES string of the molecule is C=C(C)C(=O)OCCCOc1ccc(C(=O)O)cc1.Nc1ccc(Cl)cc1. The van der Waals surface area contributed by atoms with Gasteiger partial charge in [0.25, 0.3) is 0 Å². The van der Waals surface area contributed by atoms with Gasteiger partial charge in [-0.1, -0.05) is 18.2 Å². The highest BCUT2D eigenvalue weighted by molar-refractivity contribution is 6.30. The number of aromatic carboxylic acids is 1. The van der Waals surface area contributed by atoms with Crippen molar-refractivity contribution >= 4 is 29.2 Å². The second-order valence-corrected chi connectivity index (χ2v) is 5.94. The predicted molar refractivity (Wildman–Crippen MR) is 105 cm³/mol. The number of hydrogen-bond donors (Lipinski definition) is 2. The van der Waals surface area contributed by atoms with Crippen molar-refractivity contribution in [3.8, 4) is 5.75 Å². The Morgan fingerprint density at radius 1 is 1.07 bits per heavy atom. The summed E-state index contributed by atoms with van der Waals surface area (Å²) in [5.74, 6) is -0.805. The molecule has 0 saturated heterocycles. The maximum absolute atomic E-state index is 11.1. The number of carboxylic acid groups (broad SMARTS) is 1. The van der Waals surface area contributed by atoms with Gasteiger partial charge in [0.2, 0.25) is 0 Å². The molecule has 2 aromatic rings. The van der Waals surface area contributed by atoms with E-state index in [0.29, 0.717) is 24.4 Å². The molecule has 0 aliphatic heterocycles. The number of halogens is 1. The Morgan fingerprint density at radius 3 is 2.15 bits per heavy atom. The fourth-order valence-corrected chi connectivity index (χ4v) is 1.82. The summed E-state index contributed by atoms with van der Waals surface area (Å²) in [6.45, 7) is 5.70. The van der Waals surface area contributed by atoms with Crippen LogP contribution in [0, 0.1) is 0 Å². The van der Waals surface area contributed by atoms with Crippen molar-refractivity contribution in [2.45, 2.75) is 13.3 Å². The lowest BCUT2D eigenvalue weighted by molar-refractivity contribution is -0.139. The maximum atomic E-state index is 11.1. The van der Waals surface area contributed by atoms with E-state index in [1.54, 1.807) is 43.3 Å². The van der Waals surface area contributed by atoms with Crippen molar-refractivity contribution in [2.75, 3.05) is 18.9 Å². The van der Waals surface area contributed by atoms with Crippen molar-refractivity contribution in [3.05, 3.63) is 71.3 Å². The zero-order valence-corrected chi connectivity index (χ0v) is 15.7. The summed E-state index contributed by atoms with van der Waals surface area (Å²) >= 11 is 5.56. The third-order valence-electron chi connectivity index (χ3n) is 3.11. The number of esters is 1. The van der Waals surface area contributed by atoms with Crippen LogP contribution in [0.1, 0.15) is 23.7 Å². The first-order valence-corrected chi connectivity index (χ1v) is 8.47. The van der Waals surface area contributed by atoms with E-state index < -0.39 is 11.9 Å². The molecular formula is C20H22ClNO5.